The van der Waals surface area contributed by atoms with Crippen molar-refractivity contribution in [3.63, 3.8) is 0 Å². The Kier molecular flexibility index (Phi) is 2.58. The molecule has 1 aliphatic carbocycles. The van der Waals surface area contributed by atoms with E-state index in [1.54, 1.807) is 0 Å². The molecule has 2 aliphatic rings. The van der Waals surface area contributed by atoms with Gasteiger partial charge in [-0.3, -0.25) is 5.32 Å². The quantitative estimate of drug-likeness (QED) is 0.514. The molecule has 0 spiro atoms. The Morgan fingerprint density at radius 1 is 1.23 bits per heavy atom. The second-order valence-electron chi connectivity index (χ2n) is 4.76. The molecule has 3 unspecified atom stereocenters. The molecule has 0 aromatic heterocycles. The minimum Gasteiger partial charge on any atom is -0.313 e. The summed E-state index contributed by atoms with van der Waals surface area (Å²) in [5.74, 6) is 0. The van der Waals surface area contributed by atoms with Crippen molar-refractivity contribution in [2.75, 3.05) is 6.54 Å². The fourth-order valence-corrected chi connectivity index (χ4v) is 2.56. The molecule has 3 heteroatoms. The minimum absolute atomic E-state index is 0.163. The molecule has 0 aromatic rings. The number of nitrogens with one attached hydrogen (secondary N) is 2. The van der Waals surface area contributed by atoms with E-state index < -0.39 is 0 Å². The Morgan fingerprint density at radius 3 is 2.69 bits per heavy atom. The van der Waals surface area contributed by atoms with Crippen molar-refractivity contribution in [1.29, 1.82) is 0 Å². The fourth-order valence-electron chi connectivity index (χ4n) is 2.56. The number of hydrogen-bond acceptors (Lipinski definition) is 3. The third-order valence-corrected chi connectivity index (χ3v) is 3.33. The Labute approximate surface area is 80.5 Å². The van der Waals surface area contributed by atoms with Crippen molar-refractivity contribution in [2.24, 2.45) is 5.73 Å². The maximum Gasteiger partial charge on any atom is 0.0647 e. The van der Waals surface area contributed by atoms with Crippen LogP contribution < -0.4 is 16.4 Å². The van der Waals surface area contributed by atoms with E-state index in [-0.39, 0.29) is 5.66 Å². The van der Waals surface area contributed by atoms with E-state index in [4.69, 9.17) is 5.73 Å². The van der Waals surface area contributed by atoms with Gasteiger partial charge < -0.3 is 11.1 Å². The predicted molar refractivity (Wildman–Crippen MR) is 54.4 cm³/mol. The van der Waals surface area contributed by atoms with E-state index in [1.165, 1.54) is 25.7 Å². The minimum atomic E-state index is -0.163. The lowest BCUT2D eigenvalue weighted by Gasteiger charge is -2.34. The summed E-state index contributed by atoms with van der Waals surface area (Å²) in [4.78, 5) is 0. The van der Waals surface area contributed by atoms with Gasteiger partial charge in [-0.2, -0.15) is 0 Å². The number of rotatable bonds is 0. The van der Waals surface area contributed by atoms with Gasteiger partial charge in [0.15, 0.2) is 0 Å². The molecule has 76 valence electrons. The van der Waals surface area contributed by atoms with Crippen molar-refractivity contribution >= 4 is 0 Å². The summed E-state index contributed by atoms with van der Waals surface area (Å²) >= 11 is 0. The molecule has 3 nitrogen and oxygen atoms in total. The average molecular weight is 183 g/mol. The SMILES string of the molecule is CC1(N)CCNC2CCCCC2N1. The van der Waals surface area contributed by atoms with E-state index >= 15 is 0 Å². The topological polar surface area (TPSA) is 50.1 Å². The summed E-state index contributed by atoms with van der Waals surface area (Å²) in [6, 6.07) is 1.27. The van der Waals surface area contributed by atoms with E-state index in [1.807, 2.05) is 0 Å². The molecule has 1 saturated carbocycles. The molecule has 0 radical (unpaired) electrons. The van der Waals surface area contributed by atoms with Crippen LogP contribution >= 0.6 is 0 Å². The summed E-state index contributed by atoms with van der Waals surface area (Å²) in [5, 5.41) is 7.17. The van der Waals surface area contributed by atoms with E-state index in [2.05, 4.69) is 17.6 Å². The van der Waals surface area contributed by atoms with Crippen LogP contribution in [0.2, 0.25) is 0 Å². The van der Waals surface area contributed by atoms with E-state index in [0.717, 1.165) is 13.0 Å². The molecule has 1 heterocycles. The van der Waals surface area contributed by atoms with Gasteiger partial charge in [-0.1, -0.05) is 12.8 Å². The maximum atomic E-state index is 6.13. The molecule has 1 aliphatic heterocycles. The average Bonchev–Trinajstić information content (AvgIpc) is 2.21. The highest BCUT2D eigenvalue weighted by Gasteiger charge is 2.32. The standard InChI is InChI=1S/C10H21N3/c1-10(11)6-7-12-8-4-2-3-5-9(8)13-10/h8-9,12-13H,2-7,11H2,1H3. The molecule has 2 fully saturated rings. The smallest absolute Gasteiger partial charge is 0.0647 e. The first-order valence-electron chi connectivity index (χ1n) is 5.47. The van der Waals surface area contributed by atoms with Gasteiger partial charge in [0.25, 0.3) is 0 Å². The number of fused-ring (bicyclic) bond motifs is 1. The van der Waals surface area contributed by atoms with Gasteiger partial charge >= 0.3 is 0 Å². The van der Waals surface area contributed by atoms with Gasteiger partial charge in [-0.25, -0.2) is 0 Å². The van der Waals surface area contributed by atoms with Crippen molar-refractivity contribution in [1.82, 2.24) is 10.6 Å². The summed E-state index contributed by atoms with van der Waals surface area (Å²) in [6.45, 7) is 3.16. The van der Waals surface area contributed by atoms with Crippen LogP contribution in [-0.2, 0) is 0 Å². The molecule has 4 N–H and O–H groups in total. The van der Waals surface area contributed by atoms with Crippen LogP contribution in [0.15, 0.2) is 0 Å². The second kappa shape index (κ2) is 3.56. The zero-order valence-corrected chi connectivity index (χ0v) is 8.47. The first-order valence-corrected chi connectivity index (χ1v) is 5.47. The predicted octanol–water partition coefficient (Wildman–Crippen LogP) is 0.555. The van der Waals surface area contributed by atoms with Gasteiger partial charge in [0.1, 0.15) is 0 Å². The molecule has 2 rings (SSSR count). The van der Waals surface area contributed by atoms with Gasteiger partial charge in [0.2, 0.25) is 0 Å². The highest BCUT2D eigenvalue weighted by atomic mass is 15.2. The van der Waals surface area contributed by atoms with Crippen LogP contribution in [0.4, 0.5) is 0 Å². The third kappa shape index (κ3) is 2.22. The van der Waals surface area contributed by atoms with Gasteiger partial charge in [0.05, 0.1) is 5.66 Å². The largest absolute Gasteiger partial charge is 0.313 e. The summed E-state index contributed by atoms with van der Waals surface area (Å²) in [7, 11) is 0. The molecule has 0 amide bonds. The number of hydrogen-bond donors (Lipinski definition) is 3. The summed E-state index contributed by atoms with van der Waals surface area (Å²) in [5.41, 5.74) is 5.97. The van der Waals surface area contributed by atoms with Gasteiger partial charge in [0, 0.05) is 12.1 Å². The van der Waals surface area contributed by atoms with Crippen LogP contribution in [0.5, 0.6) is 0 Å². The van der Waals surface area contributed by atoms with Crippen LogP contribution in [-0.4, -0.2) is 24.3 Å². The monoisotopic (exact) mass is 183 g/mol. The van der Waals surface area contributed by atoms with Crippen LogP contribution in [0.3, 0.4) is 0 Å². The zero-order valence-electron chi connectivity index (χ0n) is 8.47. The normalized spacial score (nSPS) is 46.6. The first-order chi connectivity index (χ1) is 6.17. The van der Waals surface area contributed by atoms with Crippen molar-refractivity contribution in [2.45, 2.75) is 56.8 Å². The third-order valence-electron chi connectivity index (χ3n) is 3.33. The Morgan fingerprint density at radius 2 is 1.92 bits per heavy atom. The van der Waals surface area contributed by atoms with Crippen molar-refractivity contribution in [3.8, 4) is 0 Å². The highest BCUT2D eigenvalue weighted by molar-refractivity contribution is 4.94. The molecular formula is C10H21N3. The Bertz CT molecular complexity index is 179. The molecule has 3 atom stereocenters. The second-order valence-corrected chi connectivity index (χ2v) is 4.76. The lowest BCUT2D eigenvalue weighted by Crippen LogP contribution is -2.57. The molecule has 0 bridgehead atoms. The lowest BCUT2D eigenvalue weighted by molar-refractivity contribution is 0.256. The zero-order chi connectivity index (χ0) is 9.31. The van der Waals surface area contributed by atoms with Crippen molar-refractivity contribution in [3.05, 3.63) is 0 Å². The van der Waals surface area contributed by atoms with Crippen LogP contribution in [0, 0.1) is 0 Å². The Balaban J connectivity index is 2.03. The van der Waals surface area contributed by atoms with E-state index in [0.29, 0.717) is 12.1 Å². The summed E-state index contributed by atoms with van der Waals surface area (Å²) < 4.78 is 0. The first kappa shape index (κ1) is 9.44. The molecule has 13 heavy (non-hydrogen) atoms. The van der Waals surface area contributed by atoms with Gasteiger partial charge in [-0.15, -0.1) is 0 Å². The van der Waals surface area contributed by atoms with Gasteiger partial charge in [-0.05, 0) is 32.7 Å². The van der Waals surface area contributed by atoms with Crippen LogP contribution in [0.1, 0.15) is 39.0 Å². The highest BCUT2D eigenvalue weighted by Crippen LogP contribution is 2.22. The molecule has 1 saturated heterocycles. The van der Waals surface area contributed by atoms with E-state index in [9.17, 15) is 0 Å². The molecule has 0 aromatic carbocycles. The molecular weight excluding hydrogens is 162 g/mol. The lowest BCUT2D eigenvalue weighted by atomic mass is 9.90. The number of nitrogens with two attached hydrogens (primary N) is 1. The fraction of sp³-hybridized carbons (Fsp3) is 1.00. The summed E-state index contributed by atoms with van der Waals surface area (Å²) in [6.07, 6.45) is 6.35. The van der Waals surface area contributed by atoms with Crippen LogP contribution in [0.25, 0.3) is 0 Å². The Hall–Kier alpha value is -0.120. The van der Waals surface area contributed by atoms with Crippen molar-refractivity contribution < 1.29 is 0 Å². The maximum absolute atomic E-state index is 6.13.